The average Bonchev–Trinajstić information content (AvgIpc) is 2.26. The molecular formula is C10H11BrF2N2O2. The van der Waals surface area contributed by atoms with Crippen molar-refractivity contribution in [2.75, 3.05) is 19.0 Å². The number of methoxy groups -OCH3 is 1. The summed E-state index contributed by atoms with van der Waals surface area (Å²) in [5.41, 5.74) is 5.30. The predicted octanol–water partition coefficient (Wildman–Crippen LogP) is 1.64. The first-order chi connectivity index (χ1) is 7.95. The maximum Gasteiger partial charge on any atom is 0.243 e. The Bertz CT molecular complexity index is 429. The third kappa shape index (κ3) is 3.72. The molecule has 7 heteroatoms. The lowest BCUT2D eigenvalue weighted by atomic mass is 10.2. The second kappa shape index (κ2) is 6.04. The Labute approximate surface area is 105 Å². The number of amides is 1. The van der Waals surface area contributed by atoms with Gasteiger partial charge in [-0.15, -0.1) is 0 Å². The number of anilines is 1. The molecule has 1 unspecified atom stereocenters. The number of benzene rings is 1. The van der Waals surface area contributed by atoms with Crippen LogP contribution < -0.4 is 11.1 Å². The van der Waals surface area contributed by atoms with Crippen molar-refractivity contribution in [1.29, 1.82) is 0 Å². The number of halogens is 3. The molecule has 0 aromatic heterocycles. The smallest absolute Gasteiger partial charge is 0.243 e. The summed E-state index contributed by atoms with van der Waals surface area (Å²) in [6.45, 7) is 0.00974. The predicted molar refractivity (Wildman–Crippen MR) is 62.5 cm³/mol. The number of rotatable bonds is 4. The van der Waals surface area contributed by atoms with Crippen molar-refractivity contribution in [2.24, 2.45) is 5.73 Å². The highest BCUT2D eigenvalue weighted by molar-refractivity contribution is 9.10. The van der Waals surface area contributed by atoms with Crippen LogP contribution in [0.1, 0.15) is 0 Å². The number of nitrogens with two attached hydrogens (primary N) is 1. The van der Waals surface area contributed by atoms with Crippen LogP contribution in [0.3, 0.4) is 0 Å². The molecule has 1 amide bonds. The number of hydrogen-bond acceptors (Lipinski definition) is 3. The van der Waals surface area contributed by atoms with Crippen molar-refractivity contribution in [3.05, 3.63) is 28.2 Å². The summed E-state index contributed by atoms with van der Waals surface area (Å²) in [4.78, 5) is 11.5. The minimum Gasteiger partial charge on any atom is -0.383 e. The van der Waals surface area contributed by atoms with E-state index in [2.05, 4.69) is 26.0 Å². The zero-order valence-corrected chi connectivity index (χ0v) is 10.6. The fourth-order valence-electron chi connectivity index (χ4n) is 1.10. The van der Waals surface area contributed by atoms with Crippen molar-refractivity contribution in [2.45, 2.75) is 6.04 Å². The van der Waals surface area contributed by atoms with Crippen LogP contribution >= 0.6 is 15.9 Å². The molecule has 0 aliphatic rings. The first-order valence-electron chi connectivity index (χ1n) is 4.65. The van der Waals surface area contributed by atoms with E-state index in [1.807, 2.05) is 0 Å². The van der Waals surface area contributed by atoms with Crippen molar-refractivity contribution >= 4 is 27.5 Å². The van der Waals surface area contributed by atoms with E-state index in [9.17, 15) is 13.6 Å². The van der Waals surface area contributed by atoms with Crippen LogP contribution in [0.2, 0.25) is 0 Å². The number of carbonyl (C=O) groups is 1. The van der Waals surface area contributed by atoms with Gasteiger partial charge in [-0.2, -0.15) is 0 Å². The van der Waals surface area contributed by atoms with Crippen LogP contribution in [0.15, 0.2) is 16.6 Å². The lowest BCUT2D eigenvalue weighted by Gasteiger charge is -2.12. The molecule has 1 aromatic carbocycles. The highest BCUT2D eigenvalue weighted by Gasteiger charge is 2.16. The molecule has 1 atom stereocenters. The highest BCUT2D eigenvalue weighted by Crippen LogP contribution is 2.23. The molecular weight excluding hydrogens is 298 g/mol. The van der Waals surface area contributed by atoms with Crippen molar-refractivity contribution in [3.63, 3.8) is 0 Å². The second-order valence-corrected chi connectivity index (χ2v) is 4.15. The van der Waals surface area contributed by atoms with Gasteiger partial charge in [0.1, 0.15) is 17.7 Å². The highest BCUT2D eigenvalue weighted by atomic mass is 79.9. The Kier molecular flexibility index (Phi) is 4.98. The van der Waals surface area contributed by atoms with Gasteiger partial charge < -0.3 is 15.8 Å². The Hall–Kier alpha value is -1.05. The summed E-state index contributed by atoms with van der Waals surface area (Å²) < 4.78 is 31.0. The van der Waals surface area contributed by atoms with Gasteiger partial charge in [0, 0.05) is 13.2 Å². The first-order valence-corrected chi connectivity index (χ1v) is 5.45. The van der Waals surface area contributed by atoms with E-state index < -0.39 is 23.6 Å². The molecule has 0 aliphatic heterocycles. The normalized spacial score (nSPS) is 12.3. The van der Waals surface area contributed by atoms with Crippen LogP contribution in [-0.4, -0.2) is 25.7 Å². The molecule has 17 heavy (non-hydrogen) atoms. The summed E-state index contributed by atoms with van der Waals surface area (Å²) in [6, 6.07) is 0.882. The minimum atomic E-state index is -0.914. The molecule has 0 saturated heterocycles. The Morgan fingerprint density at radius 3 is 2.76 bits per heavy atom. The Morgan fingerprint density at radius 1 is 1.53 bits per heavy atom. The van der Waals surface area contributed by atoms with Crippen LogP contribution in [0.4, 0.5) is 14.5 Å². The maximum absolute atomic E-state index is 13.3. The zero-order chi connectivity index (χ0) is 13.0. The Morgan fingerprint density at radius 2 is 2.18 bits per heavy atom. The molecule has 0 spiro atoms. The van der Waals surface area contributed by atoms with Gasteiger partial charge in [0.15, 0.2) is 0 Å². The average molecular weight is 309 g/mol. The molecule has 0 aliphatic carbocycles. The van der Waals surface area contributed by atoms with Gasteiger partial charge in [0.2, 0.25) is 5.91 Å². The van der Waals surface area contributed by atoms with E-state index in [0.29, 0.717) is 6.07 Å². The topological polar surface area (TPSA) is 64.3 Å². The lowest BCUT2D eigenvalue weighted by molar-refractivity contribution is -0.118. The summed E-state index contributed by atoms with van der Waals surface area (Å²) in [5.74, 6) is -2.23. The van der Waals surface area contributed by atoms with Crippen LogP contribution in [0.25, 0.3) is 0 Å². The van der Waals surface area contributed by atoms with E-state index in [4.69, 9.17) is 5.73 Å². The third-order valence-corrected chi connectivity index (χ3v) is 2.56. The van der Waals surface area contributed by atoms with Gasteiger partial charge in [0.05, 0.1) is 16.8 Å². The lowest BCUT2D eigenvalue weighted by Crippen LogP contribution is -2.39. The van der Waals surface area contributed by atoms with Crippen molar-refractivity contribution in [3.8, 4) is 0 Å². The number of ether oxygens (including phenoxy) is 1. The molecule has 0 radical (unpaired) electrons. The molecule has 3 N–H and O–H groups in total. The van der Waals surface area contributed by atoms with Gasteiger partial charge in [-0.25, -0.2) is 8.78 Å². The molecule has 94 valence electrons. The van der Waals surface area contributed by atoms with Gasteiger partial charge in [-0.05, 0) is 22.0 Å². The fraction of sp³-hybridized carbons (Fsp3) is 0.300. The van der Waals surface area contributed by atoms with E-state index in [1.165, 1.54) is 7.11 Å². The largest absolute Gasteiger partial charge is 0.383 e. The van der Waals surface area contributed by atoms with Gasteiger partial charge in [-0.3, -0.25) is 4.79 Å². The Balaban J connectivity index is 2.81. The van der Waals surface area contributed by atoms with E-state index in [-0.39, 0.29) is 16.8 Å². The van der Waals surface area contributed by atoms with Crippen molar-refractivity contribution in [1.82, 2.24) is 0 Å². The number of hydrogen-bond donors (Lipinski definition) is 2. The molecule has 0 fully saturated rings. The van der Waals surface area contributed by atoms with Crippen LogP contribution in [-0.2, 0) is 9.53 Å². The zero-order valence-electron chi connectivity index (χ0n) is 8.97. The van der Waals surface area contributed by atoms with E-state index in [1.54, 1.807) is 0 Å². The standard InChI is InChI=1S/C10H11BrF2N2O2/c1-17-4-8(14)10(16)15-9-2-5(11)6(12)3-7(9)13/h2-3,8H,4,14H2,1H3,(H,15,16). The molecule has 0 bridgehead atoms. The quantitative estimate of drug-likeness (QED) is 0.831. The van der Waals surface area contributed by atoms with E-state index in [0.717, 1.165) is 6.07 Å². The number of carbonyl (C=O) groups excluding carboxylic acids is 1. The monoisotopic (exact) mass is 308 g/mol. The molecule has 1 rings (SSSR count). The molecule has 1 aromatic rings. The van der Waals surface area contributed by atoms with Crippen LogP contribution in [0, 0.1) is 11.6 Å². The van der Waals surface area contributed by atoms with Gasteiger partial charge in [0.25, 0.3) is 0 Å². The first kappa shape index (κ1) is 14.0. The second-order valence-electron chi connectivity index (χ2n) is 3.30. The van der Waals surface area contributed by atoms with E-state index >= 15 is 0 Å². The molecule has 0 saturated carbocycles. The molecule has 4 nitrogen and oxygen atoms in total. The summed E-state index contributed by atoms with van der Waals surface area (Å²) >= 11 is 2.89. The minimum absolute atomic E-state index is 0.00974. The summed E-state index contributed by atoms with van der Waals surface area (Å²) in [7, 11) is 1.39. The summed E-state index contributed by atoms with van der Waals surface area (Å²) in [6.07, 6.45) is 0. The van der Waals surface area contributed by atoms with Gasteiger partial charge >= 0.3 is 0 Å². The van der Waals surface area contributed by atoms with Gasteiger partial charge in [-0.1, -0.05) is 0 Å². The fourth-order valence-corrected chi connectivity index (χ4v) is 1.44. The van der Waals surface area contributed by atoms with Crippen molar-refractivity contribution < 1.29 is 18.3 Å². The third-order valence-electron chi connectivity index (χ3n) is 1.95. The molecule has 0 heterocycles. The number of nitrogens with one attached hydrogen (secondary N) is 1. The summed E-state index contributed by atoms with van der Waals surface area (Å²) in [5, 5.41) is 2.25. The maximum atomic E-state index is 13.3. The van der Waals surface area contributed by atoms with Crippen LogP contribution in [0.5, 0.6) is 0 Å². The SMILES string of the molecule is COCC(N)C(=O)Nc1cc(Br)c(F)cc1F.